The molecular formula is C17H25ClN6O2S. The number of rotatable bonds is 6. The van der Waals surface area contributed by atoms with Gasteiger partial charge >= 0.3 is 0 Å². The lowest BCUT2D eigenvalue weighted by atomic mass is 9.60. The molecule has 0 bridgehead atoms. The molecule has 8 nitrogen and oxygen atoms in total. The summed E-state index contributed by atoms with van der Waals surface area (Å²) in [5.74, 6) is 0.856. The van der Waals surface area contributed by atoms with Gasteiger partial charge in [-0.1, -0.05) is 24.9 Å². The number of unbranched alkanes of at least 4 members (excludes halogenated alkanes) is 1. The fourth-order valence-electron chi connectivity index (χ4n) is 4.53. The summed E-state index contributed by atoms with van der Waals surface area (Å²) >= 11 is 6.38. The van der Waals surface area contributed by atoms with Crippen LogP contribution >= 0.6 is 11.6 Å². The molecule has 1 aliphatic carbocycles. The molecule has 0 radical (unpaired) electrons. The second-order valence-electron chi connectivity index (χ2n) is 7.91. The van der Waals surface area contributed by atoms with Gasteiger partial charge < -0.3 is 9.47 Å². The van der Waals surface area contributed by atoms with Crippen LogP contribution in [0.15, 0.2) is 12.5 Å². The van der Waals surface area contributed by atoms with Crippen molar-refractivity contribution in [3.05, 3.63) is 17.5 Å². The van der Waals surface area contributed by atoms with Gasteiger partial charge in [-0.2, -0.15) is 12.7 Å². The summed E-state index contributed by atoms with van der Waals surface area (Å²) in [6.07, 6.45) is 6.88. The molecule has 27 heavy (non-hydrogen) atoms. The lowest BCUT2D eigenvalue weighted by Crippen LogP contribution is -2.67. The predicted octanol–water partition coefficient (Wildman–Crippen LogP) is 1.90. The lowest BCUT2D eigenvalue weighted by molar-refractivity contribution is 0.0131. The summed E-state index contributed by atoms with van der Waals surface area (Å²) in [4.78, 5) is 11.0. The largest absolute Gasteiger partial charge is 0.355 e. The Kier molecular flexibility index (Phi) is 4.61. The van der Waals surface area contributed by atoms with Crippen molar-refractivity contribution in [1.29, 1.82) is 0 Å². The van der Waals surface area contributed by atoms with Crippen LogP contribution < -0.4 is 10.0 Å². The number of nitrogens with zero attached hydrogens (tertiary/aromatic N) is 5. The Balaban J connectivity index is 1.45. The first-order valence-electron chi connectivity index (χ1n) is 9.24. The van der Waals surface area contributed by atoms with Crippen molar-refractivity contribution < 1.29 is 8.42 Å². The predicted molar refractivity (Wildman–Crippen MR) is 106 cm³/mol. The van der Waals surface area contributed by atoms with Crippen LogP contribution in [0.4, 0.5) is 5.82 Å². The third-order valence-electron chi connectivity index (χ3n) is 5.84. The fraction of sp³-hybridized carbons (Fsp3) is 0.647. The molecule has 1 saturated carbocycles. The minimum absolute atomic E-state index is 0.0134. The van der Waals surface area contributed by atoms with E-state index in [1.807, 2.05) is 24.7 Å². The van der Waals surface area contributed by atoms with Crippen molar-refractivity contribution in [2.24, 2.45) is 17.6 Å². The fourth-order valence-corrected chi connectivity index (χ4v) is 5.79. The van der Waals surface area contributed by atoms with E-state index in [0.29, 0.717) is 11.6 Å². The number of halogens is 1. The highest BCUT2D eigenvalue weighted by Crippen LogP contribution is 2.52. The first-order valence-corrected chi connectivity index (χ1v) is 11.1. The highest BCUT2D eigenvalue weighted by atomic mass is 35.5. The monoisotopic (exact) mass is 412 g/mol. The number of aromatic nitrogens is 3. The number of hydrogen-bond donors (Lipinski definition) is 1. The summed E-state index contributed by atoms with van der Waals surface area (Å²) < 4.78 is 27.2. The molecule has 148 valence electrons. The average molecular weight is 413 g/mol. The standard InChI is InChI=1S/C17H25ClN6O2S/c1-3-4-5-24(27(19,25)26)12-6-17(7-12)9-23(10-17)16-14-13(18)8-22(2)15(14)20-11-21-16/h8,11-12H,3-7,9-10H2,1-2H3,(H2,19,25,26). The molecule has 2 aliphatic rings. The van der Waals surface area contributed by atoms with Crippen LogP contribution in [0.3, 0.4) is 0 Å². The smallest absolute Gasteiger partial charge is 0.277 e. The van der Waals surface area contributed by atoms with E-state index < -0.39 is 10.2 Å². The van der Waals surface area contributed by atoms with Crippen LogP contribution in [0.25, 0.3) is 11.0 Å². The van der Waals surface area contributed by atoms with Crippen LogP contribution in [-0.4, -0.2) is 52.9 Å². The van der Waals surface area contributed by atoms with Gasteiger partial charge in [0.1, 0.15) is 17.8 Å². The molecule has 0 aromatic carbocycles. The summed E-state index contributed by atoms with van der Waals surface area (Å²) in [5, 5.41) is 6.96. The van der Waals surface area contributed by atoms with E-state index in [2.05, 4.69) is 14.9 Å². The Hall–Kier alpha value is -1.42. The van der Waals surface area contributed by atoms with Gasteiger partial charge in [-0.3, -0.25) is 0 Å². The number of hydrogen-bond acceptors (Lipinski definition) is 5. The molecule has 0 unspecified atom stereocenters. The number of nitrogens with two attached hydrogens (primary N) is 1. The van der Waals surface area contributed by atoms with Gasteiger partial charge in [-0.25, -0.2) is 15.1 Å². The summed E-state index contributed by atoms with van der Waals surface area (Å²) in [6.45, 7) is 4.26. The highest BCUT2D eigenvalue weighted by Gasteiger charge is 2.55. The molecule has 1 spiro atoms. The van der Waals surface area contributed by atoms with Crippen molar-refractivity contribution in [2.45, 2.75) is 38.6 Å². The first kappa shape index (κ1) is 18.9. The quantitative estimate of drug-likeness (QED) is 0.781. The molecule has 0 atom stereocenters. The lowest BCUT2D eigenvalue weighted by Gasteiger charge is -2.60. The second-order valence-corrected chi connectivity index (χ2v) is 9.82. The first-order chi connectivity index (χ1) is 12.7. The van der Waals surface area contributed by atoms with Crippen molar-refractivity contribution in [1.82, 2.24) is 18.8 Å². The zero-order chi connectivity index (χ0) is 19.4. The van der Waals surface area contributed by atoms with Gasteiger partial charge in [0.05, 0.1) is 10.4 Å². The van der Waals surface area contributed by atoms with Gasteiger partial charge in [-0.05, 0) is 19.3 Å². The van der Waals surface area contributed by atoms with E-state index >= 15 is 0 Å². The van der Waals surface area contributed by atoms with Crippen molar-refractivity contribution in [3.63, 3.8) is 0 Å². The van der Waals surface area contributed by atoms with Gasteiger partial charge in [0.2, 0.25) is 0 Å². The second kappa shape index (κ2) is 6.58. The van der Waals surface area contributed by atoms with E-state index in [9.17, 15) is 8.42 Å². The van der Waals surface area contributed by atoms with Crippen LogP contribution in [-0.2, 0) is 17.3 Å². The minimum atomic E-state index is -3.65. The van der Waals surface area contributed by atoms with Crippen LogP contribution in [0.2, 0.25) is 5.02 Å². The van der Waals surface area contributed by atoms with E-state index in [4.69, 9.17) is 16.7 Å². The third kappa shape index (κ3) is 3.20. The van der Waals surface area contributed by atoms with Crippen molar-refractivity contribution in [2.75, 3.05) is 24.5 Å². The zero-order valence-electron chi connectivity index (χ0n) is 15.6. The summed E-state index contributed by atoms with van der Waals surface area (Å²) in [7, 11) is -1.74. The number of anilines is 1. The van der Waals surface area contributed by atoms with Gasteiger partial charge in [-0.15, -0.1) is 0 Å². The van der Waals surface area contributed by atoms with Crippen molar-refractivity contribution >= 4 is 38.7 Å². The maximum Gasteiger partial charge on any atom is 0.277 e. The molecule has 1 saturated heterocycles. The molecule has 2 fully saturated rings. The molecule has 2 aromatic heterocycles. The molecular weight excluding hydrogens is 388 g/mol. The molecule has 2 aromatic rings. The van der Waals surface area contributed by atoms with E-state index in [1.54, 1.807) is 6.33 Å². The molecule has 3 heterocycles. The average Bonchev–Trinajstić information content (AvgIpc) is 2.81. The molecule has 0 amide bonds. The molecule has 1 aliphatic heterocycles. The van der Waals surface area contributed by atoms with Gasteiger partial charge in [0.15, 0.2) is 0 Å². The molecule has 2 N–H and O–H groups in total. The van der Waals surface area contributed by atoms with E-state index in [-0.39, 0.29) is 11.5 Å². The Labute approximate surface area is 164 Å². The SMILES string of the molecule is CCCCN(C1CC2(C1)CN(c1ncnc3c1c(Cl)cn3C)C2)S(N)(=O)=O. The van der Waals surface area contributed by atoms with Crippen LogP contribution in [0.1, 0.15) is 32.6 Å². The van der Waals surface area contributed by atoms with Crippen LogP contribution in [0.5, 0.6) is 0 Å². The van der Waals surface area contributed by atoms with Gasteiger partial charge in [0, 0.05) is 44.3 Å². The van der Waals surface area contributed by atoms with Gasteiger partial charge in [0.25, 0.3) is 10.2 Å². The summed E-state index contributed by atoms with van der Waals surface area (Å²) in [5.41, 5.74) is 0.968. The highest BCUT2D eigenvalue weighted by molar-refractivity contribution is 7.86. The Morgan fingerprint density at radius 1 is 1.37 bits per heavy atom. The number of aryl methyl sites for hydroxylation is 1. The minimum Gasteiger partial charge on any atom is -0.355 e. The third-order valence-corrected chi connectivity index (χ3v) is 7.26. The maximum absolute atomic E-state index is 11.9. The normalized spacial score (nSPS) is 19.7. The Bertz CT molecular complexity index is 961. The van der Waals surface area contributed by atoms with Crippen LogP contribution in [0, 0.1) is 5.41 Å². The van der Waals surface area contributed by atoms with Crippen molar-refractivity contribution in [3.8, 4) is 0 Å². The molecule has 4 rings (SSSR count). The zero-order valence-corrected chi connectivity index (χ0v) is 17.2. The topological polar surface area (TPSA) is 97.3 Å². The Morgan fingerprint density at radius 2 is 2.07 bits per heavy atom. The molecule has 10 heteroatoms. The maximum atomic E-state index is 11.9. The van der Waals surface area contributed by atoms with E-state index in [0.717, 1.165) is 55.6 Å². The number of fused-ring (bicyclic) bond motifs is 1. The Morgan fingerprint density at radius 3 is 2.70 bits per heavy atom. The summed E-state index contributed by atoms with van der Waals surface area (Å²) in [6, 6.07) is 0.0134. The van der Waals surface area contributed by atoms with E-state index in [1.165, 1.54) is 4.31 Å².